The van der Waals surface area contributed by atoms with Gasteiger partial charge in [-0.1, -0.05) is 109 Å². The van der Waals surface area contributed by atoms with Crippen LogP contribution in [0.5, 0.6) is 0 Å². The summed E-state index contributed by atoms with van der Waals surface area (Å²) in [5.74, 6) is 0. The largest absolute Gasteiger partial charge is 0.181 e. The van der Waals surface area contributed by atoms with Crippen LogP contribution in [0.25, 0.3) is 31.3 Å². The molecular formula is C31H22SSi. The lowest BCUT2D eigenvalue weighted by molar-refractivity contribution is 1.49. The van der Waals surface area contributed by atoms with Crippen molar-refractivity contribution in [3.8, 4) is 11.1 Å². The molecule has 0 aliphatic carbocycles. The van der Waals surface area contributed by atoms with Gasteiger partial charge in [0.25, 0.3) is 0 Å². The Bertz CT molecular complexity index is 1620. The molecule has 156 valence electrons. The molecule has 33 heavy (non-hydrogen) atoms. The molecule has 0 fully saturated rings. The van der Waals surface area contributed by atoms with Crippen molar-refractivity contribution < 1.29 is 0 Å². The summed E-state index contributed by atoms with van der Waals surface area (Å²) in [6.45, 7) is 2.23. The number of fused-ring (bicyclic) bond motifs is 7. The zero-order chi connectivity index (χ0) is 22.0. The lowest BCUT2D eigenvalue weighted by Gasteiger charge is -2.32. The average molecular weight is 455 g/mol. The van der Waals surface area contributed by atoms with E-state index in [1.165, 1.54) is 52.4 Å². The molecule has 0 unspecified atom stereocenters. The Morgan fingerprint density at radius 2 is 1.21 bits per heavy atom. The van der Waals surface area contributed by atoms with Crippen molar-refractivity contribution in [2.45, 2.75) is 6.92 Å². The van der Waals surface area contributed by atoms with E-state index in [0.717, 1.165) is 0 Å². The summed E-state index contributed by atoms with van der Waals surface area (Å²) < 4.78 is 2.76. The van der Waals surface area contributed by atoms with Crippen LogP contribution in [0.2, 0.25) is 0 Å². The van der Waals surface area contributed by atoms with Crippen LogP contribution in [0.15, 0.2) is 115 Å². The number of hydrogen-bond donors (Lipinski definition) is 0. The molecule has 1 aliphatic rings. The Morgan fingerprint density at radius 3 is 1.94 bits per heavy atom. The third kappa shape index (κ3) is 2.51. The Balaban J connectivity index is 1.77. The van der Waals surface area contributed by atoms with E-state index in [9.17, 15) is 0 Å². The van der Waals surface area contributed by atoms with Crippen LogP contribution in [0, 0.1) is 6.92 Å². The SMILES string of the molecule is Cc1ccc2c(c1)[Si](c1ccccc1)(c1ccccc1)c1c-2ccc2sc3ccccc3c12. The van der Waals surface area contributed by atoms with Crippen molar-refractivity contribution in [3.05, 3.63) is 121 Å². The summed E-state index contributed by atoms with van der Waals surface area (Å²) in [4.78, 5) is 0. The number of rotatable bonds is 2. The van der Waals surface area contributed by atoms with E-state index in [-0.39, 0.29) is 0 Å². The molecule has 5 aromatic carbocycles. The fourth-order valence-corrected chi connectivity index (χ4v) is 12.6. The fourth-order valence-electron chi connectivity index (χ4n) is 5.91. The molecular weight excluding hydrogens is 432 g/mol. The second-order valence-electron chi connectivity index (χ2n) is 8.99. The maximum atomic E-state index is 2.47. The number of benzene rings is 5. The maximum absolute atomic E-state index is 2.50. The second-order valence-corrected chi connectivity index (χ2v) is 13.8. The standard InChI is InChI=1S/C31H22SSi/c1-21-16-17-24-25-18-19-28-30(26-14-8-9-15-27(26)32-28)31(25)33(29(24)20-21,22-10-4-2-5-11-22)23-12-6-3-7-13-23/h2-20H,1H3. The predicted molar refractivity (Wildman–Crippen MR) is 147 cm³/mol. The van der Waals surface area contributed by atoms with Crippen LogP contribution >= 0.6 is 11.3 Å². The third-order valence-corrected chi connectivity index (χ3v) is 13.2. The topological polar surface area (TPSA) is 0 Å². The molecule has 2 heteroatoms. The molecule has 0 saturated heterocycles. The summed E-state index contributed by atoms with van der Waals surface area (Å²) in [5.41, 5.74) is 4.16. The van der Waals surface area contributed by atoms with Crippen molar-refractivity contribution >= 4 is 60.3 Å². The Labute approximate surface area is 198 Å². The molecule has 0 radical (unpaired) electrons. The van der Waals surface area contributed by atoms with Gasteiger partial charge in [-0.3, -0.25) is 0 Å². The van der Waals surface area contributed by atoms with Crippen molar-refractivity contribution in [2.75, 3.05) is 0 Å². The molecule has 1 aromatic heterocycles. The second kappa shape index (κ2) is 7.02. The van der Waals surface area contributed by atoms with E-state index in [1.54, 1.807) is 5.19 Å². The highest BCUT2D eigenvalue weighted by Gasteiger charge is 2.50. The normalized spacial score (nSPS) is 13.8. The first-order chi connectivity index (χ1) is 16.3. The lowest BCUT2D eigenvalue weighted by Crippen LogP contribution is -2.73. The van der Waals surface area contributed by atoms with E-state index in [0.29, 0.717) is 0 Å². The van der Waals surface area contributed by atoms with Gasteiger partial charge in [-0.25, -0.2) is 0 Å². The Hall–Kier alpha value is -3.46. The highest BCUT2D eigenvalue weighted by molar-refractivity contribution is 7.28. The quantitative estimate of drug-likeness (QED) is 0.293. The van der Waals surface area contributed by atoms with Gasteiger partial charge in [0.1, 0.15) is 0 Å². The lowest BCUT2D eigenvalue weighted by atomic mass is 10.0. The van der Waals surface area contributed by atoms with Gasteiger partial charge in [0, 0.05) is 20.2 Å². The Morgan fingerprint density at radius 1 is 0.576 bits per heavy atom. The average Bonchev–Trinajstić information content (AvgIpc) is 3.38. The number of hydrogen-bond acceptors (Lipinski definition) is 1. The van der Waals surface area contributed by atoms with Gasteiger partial charge in [0.15, 0.2) is 8.07 Å². The highest BCUT2D eigenvalue weighted by Crippen LogP contribution is 2.39. The van der Waals surface area contributed by atoms with Gasteiger partial charge in [-0.2, -0.15) is 0 Å². The van der Waals surface area contributed by atoms with Crippen molar-refractivity contribution in [3.63, 3.8) is 0 Å². The van der Waals surface area contributed by atoms with E-state index in [1.807, 2.05) is 11.3 Å². The fraction of sp³-hybridized carbons (Fsp3) is 0.0323. The highest BCUT2D eigenvalue weighted by atomic mass is 32.1. The van der Waals surface area contributed by atoms with Gasteiger partial charge in [-0.05, 0) is 50.9 Å². The molecule has 7 rings (SSSR count). The van der Waals surface area contributed by atoms with Gasteiger partial charge in [-0.15, -0.1) is 11.3 Å². The van der Waals surface area contributed by atoms with Gasteiger partial charge in [0.05, 0.1) is 0 Å². The summed E-state index contributed by atoms with van der Waals surface area (Å²) in [5, 5.41) is 8.87. The summed E-state index contributed by atoms with van der Waals surface area (Å²) in [7, 11) is -2.50. The Kier molecular flexibility index (Phi) is 4.05. The third-order valence-electron chi connectivity index (χ3n) is 7.20. The van der Waals surface area contributed by atoms with Crippen LogP contribution in [0.3, 0.4) is 0 Å². The van der Waals surface area contributed by atoms with Crippen molar-refractivity contribution in [1.82, 2.24) is 0 Å². The predicted octanol–water partition coefficient (Wildman–Crippen LogP) is 5.72. The monoisotopic (exact) mass is 454 g/mol. The van der Waals surface area contributed by atoms with Crippen LogP contribution in [-0.4, -0.2) is 8.07 Å². The molecule has 1 aliphatic heterocycles. The molecule has 0 saturated carbocycles. The molecule has 0 bridgehead atoms. The molecule has 0 spiro atoms. The van der Waals surface area contributed by atoms with Gasteiger partial charge < -0.3 is 0 Å². The van der Waals surface area contributed by atoms with Crippen molar-refractivity contribution in [1.29, 1.82) is 0 Å². The van der Waals surface area contributed by atoms with E-state index in [2.05, 4.69) is 122 Å². The molecule has 0 N–H and O–H groups in total. The maximum Gasteiger partial charge on any atom is 0.181 e. The van der Waals surface area contributed by atoms with Crippen LogP contribution in [-0.2, 0) is 0 Å². The van der Waals surface area contributed by atoms with Crippen LogP contribution in [0.1, 0.15) is 5.56 Å². The molecule has 2 heterocycles. The smallest absolute Gasteiger partial charge is 0.135 e. The minimum atomic E-state index is -2.50. The minimum Gasteiger partial charge on any atom is -0.135 e. The van der Waals surface area contributed by atoms with E-state index in [4.69, 9.17) is 0 Å². The number of aryl methyl sites for hydroxylation is 1. The van der Waals surface area contributed by atoms with Crippen LogP contribution < -0.4 is 20.7 Å². The summed E-state index contributed by atoms with van der Waals surface area (Å²) >= 11 is 1.92. The van der Waals surface area contributed by atoms with Crippen LogP contribution in [0.4, 0.5) is 0 Å². The summed E-state index contributed by atoms with van der Waals surface area (Å²) in [6.07, 6.45) is 0. The summed E-state index contributed by atoms with van der Waals surface area (Å²) in [6, 6.07) is 43.4. The zero-order valence-corrected chi connectivity index (χ0v) is 20.2. The van der Waals surface area contributed by atoms with E-state index >= 15 is 0 Å². The first-order valence-corrected chi connectivity index (χ1v) is 14.3. The van der Waals surface area contributed by atoms with Gasteiger partial charge in [0.2, 0.25) is 0 Å². The molecule has 0 amide bonds. The molecule has 0 atom stereocenters. The number of thiophene rings is 1. The van der Waals surface area contributed by atoms with Gasteiger partial charge >= 0.3 is 0 Å². The van der Waals surface area contributed by atoms with Crippen molar-refractivity contribution in [2.24, 2.45) is 0 Å². The van der Waals surface area contributed by atoms with E-state index < -0.39 is 8.07 Å². The molecule has 6 aromatic rings. The zero-order valence-electron chi connectivity index (χ0n) is 18.4. The first-order valence-electron chi connectivity index (χ1n) is 11.5. The minimum absolute atomic E-state index is 1.33. The molecule has 0 nitrogen and oxygen atoms in total. The first kappa shape index (κ1) is 19.0.